The Balaban J connectivity index is 0.00000432. The summed E-state index contributed by atoms with van der Waals surface area (Å²) in [6.45, 7) is 4.14. The Hall–Kier alpha value is -2.53. The van der Waals surface area contributed by atoms with Crippen LogP contribution in [0.4, 0.5) is 35.5 Å². The van der Waals surface area contributed by atoms with E-state index in [1.54, 1.807) is 13.0 Å². The predicted molar refractivity (Wildman–Crippen MR) is 119 cm³/mol. The van der Waals surface area contributed by atoms with Crippen molar-refractivity contribution in [2.45, 2.75) is 38.3 Å². The highest BCUT2D eigenvalue weighted by Gasteiger charge is 2.38. The Morgan fingerprint density at radius 3 is 2.14 bits per heavy atom. The highest BCUT2D eigenvalue weighted by Crippen LogP contribution is 2.38. The molecule has 1 fully saturated rings. The van der Waals surface area contributed by atoms with Crippen molar-refractivity contribution in [1.82, 2.24) is 15.1 Å². The third-order valence-corrected chi connectivity index (χ3v) is 6.06. The maximum Gasteiger partial charge on any atom is 0.416 e. The Kier molecular flexibility index (Phi) is 8.70. The van der Waals surface area contributed by atoms with E-state index in [0.29, 0.717) is 36.3 Å². The number of nitrogens with zero attached hydrogens (tertiary/aromatic N) is 2. The summed E-state index contributed by atoms with van der Waals surface area (Å²) < 4.78 is 93.2. The van der Waals surface area contributed by atoms with Crippen LogP contribution in [0.1, 0.15) is 46.8 Å². The second-order valence-electron chi connectivity index (χ2n) is 8.32. The summed E-state index contributed by atoms with van der Waals surface area (Å²) in [5.74, 6) is -0.432. The quantitative estimate of drug-likeness (QED) is 0.472. The van der Waals surface area contributed by atoms with Gasteiger partial charge in [-0.25, -0.2) is 9.18 Å². The van der Waals surface area contributed by atoms with E-state index in [2.05, 4.69) is 5.32 Å². The lowest BCUT2D eigenvalue weighted by Crippen LogP contribution is -2.52. The average Bonchev–Trinajstić information content (AvgIpc) is 2.76. The van der Waals surface area contributed by atoms with E-state index >= 15 is 0 Å². The lowest BCUT2D eigenvalue weighted by Gasteiger charge is -2.40. The number of benzene rings is 2. The molecule has 1 N–H and O–H groups in total. The number of alkyl halides is 6. The van der Waals surface area contributed by atoms with Crippen molar-refractivity contribution in [3.63, 3.8) is 0 Å². The third kappa shape index (κ3) is 6.38. The summed E-state index contributed by atoms with van der Waals surface area (Å²) in [7, 11) is 1.33. The monoisotopic (exact) mass is 527 g/mol. The molecule has 1 saturated heterocycles. The summed E-state index contributed by atoms with van der Waals surface area (Å²) in [5, 5.41) is 3.15. The van der Waals surface area contributed by atoms with Crippen molar-refractivity contribution in [3.8, 4) is 0 Å². The van der Waals surface area contributed by atoms with Gasteiger partial charge in [0, 0.05) is 26.7 Å². The van der Waals surface area contributed by atoms with E-state index < -0.39 is 47.4 Å². The molecule has 0 saturated carbocycles. The highest BCUT2D eigenvalue weighted by molar-refractivity contribution is 5.85. The van der Waals surface area contributed by atoms with Crippen LogP contribution < -0.4 is 5.32 Å². The predicted octanol–water partition coefficient (Wildman–Crippen LogP) is 6.35. The van der Waals surface area contributed by atoms with Gasteiger partial charge in [-0.2, -0.15) is 26.3 Å². The molecule has 0 bridgehead atoms. The van der Waals surface area contributed by atoms with Crippen LogP contribution >= 0.6 is 12.4 Å². The number of carbonyl (C=O) groups excluding carboxylic acids is 1. The number of hydrogen-bond donors (Lipinski definition) is 1. The summed E-state index contributed by atoms with van der Waals surface area (Å²) in [4.78, 5) is 16.0. The van der Waals surface area contributed by atoms with E-state index in [-0.39, 0.29) is 30.6 Å². The Morgan fingerprint density at radius 1 is 1.06 bits per heavy atom. The number of urea groups is 1. The summed E-state index contributed by atoms with van der Waals surface area (Å²) in [6.07, 6.45) is -9.97. The fourth-order valence-corrected chi connectivity index (χ4v) is 4.04. The minimum atomic E-state index is -4.98. The van der Waals surface area contributed by atoms with Crippen LogP contribution in [-0.2, 0) is 12.4 Å². The number of hydrogen-bond acceptors (Lipinski definition) is 2. The molecule has 0 aliphatic carbocycles. The molecule has 1 heterocycles. The molecule has 2 aromatic carbocycles. The molecule has 194 valence electrons. The number of aryl methyl sites for hydroxylation is 1. The maximum atomic E-state index is 13.6. The van der Waals surface area contributed by atoms with Crippen molar-refractivity contribution in [1.29, 1.82) is 0 Å². The zero-order valence-corrected chi connectivity index (χ0v) is 19.9. The van der Waals surface area contributed by atoms with Crippen LogP contribution in [0.2, 0.25) is 0 Å². The minimum absolute atomic E-state index is 0. The van der Waals surface area contributed by atoms with Crippen LogP contribution in [0.3, 0.4) is 0 Å². The Bertz CT molecular complexity index is 1030. The van der Waals surface area contributed by atoms with Gasteiger partial charge in [0.15, 0.2) is 0 Å². The molecular weight excluding hydrogens is 503 g/mol. The molecule has 0 aromatic heterocycles. The lowest BCUT2D eigenvalue weighted by atomic mass is 9.98. The largest absolute Gasteiger partial charge is 0.416 e. The molecule has 0 unspecified atom stereocenters. The second kappa shape index (κ2) is 10.6. The van der Waals surface area contributed by atoms with E-state index in [0.717, 1.165) is 4.90 Å². The van der Waals surface area contributed by atoms with Crippen molar-refractivity contribution in [2.75, 3.05) is 26.7 Å². The number of halogens is 8. The molecule has 1 aliphatic heterocycles. The van der Waals surface area contributed by atoms with Crippen LogP contribution in [0.15, 0.2) is 36.4 Å². The number of amides is 2. The van der Waals surface area contributed by atoms with Crippen molar-refractivity contribution in [2.24, 2.45) is 0 Å². The van der Waals surface area contributed by atoms with Gasteiger partial charge in [0.2, 0.25) is 0 Å². The van der Waals surface area contributed by atoms with Gasteiger partial charge in [-0.3, -0.25) is 0 Å². The van der Waals surface area contributed by atoms with Gasteiger partial charge in [0.05, 0.1) is 23.2 Å². The molecule has 2 aromatic rings. The molecule has 0 spiro atoms. The van der Waals surface area contributed by atoms with Crippen molar-refractivity contribution in [3.05, 3.63) is 70.0 Å². The zero-order valence-electron chi connectivity index (χ0n) is 19.1. The molecule has 3 rings (SSSR count). The molecule has 1 aliphatic rings. The molecule has 2 amide bonds. The summed E-state index contributed by atoms with van der Waals surface area (Å²) in [6, 6.07) is 3.36. The van der Waals surface area contributed by atoms with Crippen molar-refractivity contribution >= 4 is 18.4 Å². The number of rotatable bonds is 3. The number of piperazine rings is 1. The van der Waals surface area contributed by atoms with Gasteiger partial charge in [-0.15, -0.1) is 12.4 Å². The topological polar surface area (TPSA) is 35.6 Å². The van der Waals surface area contributed by atoms with Crippen LogP contribution in [0, 0.1) is 12.7 Å². The summed E-state index contributed by atoms with van der Waals surface area (Å²) >= 11 is 0. The van der Waals surface area contributed by atoms with E-state index in [9.17, 15) is 35.5 Å². The first-order valence-electron chi connectivity index (χ1n) is 10.5. The molecule has 35 heavy (non-hydrogen) atoms. The van der Waals surface area contributed by atoms with Gasteiger partial charge >= 0.3 is 18.4 Å². The molecule has 0 radical (unpaired) electrons. The van der Waals surface area contributed by atoms with Crippen LogP contribution in [0.25, 0.3) is 0 Å². The first-order chi connectivity index (χ1) is 15.7. The lowest BCUT2D eigenvalue weighted by molar-refractivity contribution is -0.143. The fourth-order valence-electron chi connectivity index (χ4n) is 4.04. The van der Waals surface area contributed by atoms with Gasteiger partial charge in [0.25, 0.3) is 0 Å². The SMILES string of the molecule is Cc1cc(F)ccc1[C@@H]1CNCCN1C(=O)N(C)[C@H](C)c1cc(C(F)(F)F)cc(C(F)(F)F)c1.Cl. The van der Waals surface area contributed by atoms with Crippen LogP contribution in [-0.4, -0.2) is 42.5 Å². The highest BCUT2D eigenvalue weighted by atomic mass is 35.5. The van der Waals surface area contributed by atoms with Gasteiger partial charge in [-0.1, -0.05) is 6.07 Å². The van der Waals surface area contributed by atoms with Gasteiger partial charge in [-0.05, 0) is 60.9 Å². The van der Waals surface area contributed by atoms with E-state index in [1.807, 2.05) is 0 Å². The molecular formula is C23H25ClF7N3O. The first kappa shape index (κ1) is 28.7. The average molecular weight is 528 g/mol. The molecule has 12 heteroatoms. The van der Waals surface area contributed by atoms with Crippen LogP contribution in [0.5, 0.6) is 0 Å². The van der Waals surface area contributed by atoms with Crippen molar-refractivity contribution < 1.29 is 35.5 Å². The first-order valence-corrected chi connectivity index (χ1v) is 10.5. The minimum Gasteiger partial charge on any atom is -0.321 e. The summed E-state index contributed by atoms with van der Waals surface area (Å²) in [5.41, 5.74) is -1.85. The molecule has 2 atom stereocenters. The standard InChI is InChI=1S/C23H24F7N3O.ClH/c1-13-8-18(24)4-5-19(13)20-12-31-6-7-33(20)21(34)32(3)14(2)15-9-16(22(25,26)27)11-17(10-15)23(28,29)30;/h4-5,8-11,14,20,31H,6-7,12H2,1-3H3;1H/t14-,20+;/m1./s1. The fraction of sp³-hybridized carbons (Fsp3) is 0.435. The van der Waals surface area contributed by atoms with Gasteiger partial charge in [0.1, 0.15) is 5.82 Å². The zero-order chi connectivity index (χ0) is 25.4. The number of nitrogens with one attached hydrogen (secondary N) is 1. The van der Waals surface area contributed by atoms with E-state index in [1.165, 1.54) is 31.0 Å². The Labute approximate surface area is 204 Å². The third-order valence-electron chi connectivity index (χ3n) is 6.06. The maximum absolute atomic E-state index is 13.6. The molecule has 4 nitrogen and oxygen atoms in total. The Morgan fingerprint density at radius 2 is 1.63 bits per heavy atom. The van der Waals surface area contributed by atoms with Gasteiger partial charge < -0.3 is 15.1 Å². The second-order valence-corrected chi connectivity index (χ2v) is 8.32. The number of carbonyl (C=O) groups is 1. The normalized spacial score (nSPS) is 17.5. The van der Waals surface area contributed by atoms with E-state index in [4.69, 9.17) is 0 Å². The smallest absolute Gasteiger partial charge is 0.321 e.